The van der Waals surface area contributed by atoms with Gasteiger partial charge < -0.3 is 15.4 Å². The number of nitrogens with zero attached hydrogens (tertiary/aromatic N) is 2. The fourth-order valence-electron chi connectivity index (χ4n) is 3.38. The average Bonchev–Trinajstić information content (AvgIpc) is 3.22. The Morgan fingerprint density at radius 3 is 2.79 bits per heavy atom. The minimum absolute atomic E-state index is 0.103. The number of aromatic nitrogens is 2. The Morgan fingerprint density at radius 1 is 1.25 bits per heavy atom. The van der Waals surface area contributed by atoms with Gasteiger partial charge in [-0.05, 0) is 49.7 Å². The molecule has 1 aromatic heterocycles. The molecule has 0 spiro atoms. The molecule has 7 heteroatoms. The lowest BCUT2D eigenvalue weighted by Gasteiger charge is -2.13. The highest BCUT2D eigenvalue weighted by Gasteiger charge is 2.22. The first-order valence-electron chi connectivity index (χ1n) is 9.12. The van der Waals surface area contributed by atoms with Crippen LogP contribution in [0.25, 0.3) is 5.69 Å². The summed E-state index contributed by atoms with van der Waals surface area (Å²) >= 11 is 0. The average molecular weight is 380 g/mol. The number of ether oxygens (including phenoxy) is 1. The SMILES string of the molecule is Cc1cc(C)n(-c2ccc(NC(=O)NCC3Cc4ccccc4O3)cc2F)n1. The van der Waals surface area contributed by atoms with Crippen molar-refractivity contribution in [3.8, 4) is 11.4 Å². The van der Waals surface area contributed by atoms with Crippen LogP contribution in [0.3, 0.4) is 0 Å². The zero-order valence-electron chi connectivity index (χ0n) is 15.7. The van der Waals surface area contributed by atoms with E-state index < -0.39 is 11.8 Å². The molecule has 28 heavy (non-hydrogen) atoms. The van der Waals surface area contributed by atoms with Crippen molar-refractivity contribution >= 4 is 11.7 Å². The van der Waals surface area contributed by atoms with Crippen molar-refractivity contribution in [1.82, 2.24) is 15.1 Å². The smallest absolute Gasteiger partial charge is 0.319 e. The van der Waals surface area contributed by atoms with Gasteiger partial charge in [0.1, 0.15) is 17.5 Å². The van der Waals surface area contributed by atoms with Gasteiger partial charge in [-0.3, -0.25) is 0 Å². The maximum absolute atomic E-state index is 14.5. The van der Waals surface area contributed by atoms with Crippen molar-refractivity contribution < 1.29 is 13.9 Å². The molecular weight excluding hydrogens is 359 g/mol. The van der Waals surface area contributed by atoms with E-state index in [1.54, 1.807) is 16.8 Å². The van der Waals surface area contributed by atoms with Crippen LogP contribution in [0.5, 0.6) is 5.75 Å². The number of hydrogen-bond donors (Lipinski definition) is 2. The number of halogens is 1. The van der Waals surface area contributed by atoms with E-state index in [0.29, 0.717) is 17.9 Å². The fraction of sp³-hybridized carbons (Fsp3) is 0.238. The third kappa shape index (κ3) is 3.69. The molecule has 2 heterocycles. The minimum Gasteiger partial charge on any atom is -0.488 e. The summed E-state index contributed by atoms with van der Waals surface area (Å²) in [7, 11) is 0. The van der Waals surface area contributed by atoms with Crippen LogP contribution >= 0.6 is 0 Å². The van der Waals surface area contributed by atoms with Crippen LogP contribution in [-0.2, 0) is 6.42 Å². The molecule has 0 aliphatic carbocycles. The molecule has 0 fully saturated rings. The second kappa shape index (κ2) is 7.34. The first-order chi connectivity index (χ1) is 13.5. The van der Waals surface area contributed by atoms with Crippen LogP contribution in [0.1, 0.15) is 17.0 Å². The van der Waals surface area contributed by atoms with Crippen LogP contribution in [0.4, 0.5) is 14.9 Å². The van der Waals surface area contributed by atoms with E-state index in [-0.39, 0.29) is 6.10 Å². The molecule has 4 rings (SSSR count). The van der Waals surface area contributed by atoms with Gasteiger partial charge in [0.05, 0.1) is 12.2 Å². The van der Waals surface area contributed by atoms with E-state index >= 15 is 0 Å². The molecule has 1 atom stereocenters. The van der Waals surface area contributed by atoms with Gasteiger partial charge >= 0.3 is 6.03 Å². The monoisotopic (exact) mass is 380 g/mol. The minimum atomic E-state index is -0.460. The largest absolute Gasteiger partial charge is 0.488 e. The number of para-hydroxylation sites is 1. The summed E-state index contributed by atoms with van der Waals surface area (Å²) in [6.07, 6.45) is 0.649. The molecular formula is C21H21FN4O2. The molecule has 0 saturated carbocycles. The van der Waals surface area contributed by atoms with Gasteiger partial charge in [-0.1, -0.05) is 18.2 Å². The third-order valence-electron chi connectivity index (χ3n) is 4.65. The van der Waals surface area contributed by atoms with E-state index in [2.05, 4.69) is 15.7 Å². The quantitative estimate of drug-likeness (QED) is 0.724. The zero-order chi connectivity index (χ0) is 19.7. The van der Waals surface area contributed by atoms with Crippen molar-refractivity contribution in [2.75, 3.05) is 11.9 Å². The molecule has 2 aromatic carbocycles. The van der Waals surface area contributed by atoms with E-state index in [1.165, 1.54) is 6.07 Å². The Morgan fingerprint density at radius 2 is 2.07 bits per heavy atom. The number of benzene rings is 2. The standard InChI is InChI=1S/C21H21FN4O2/c1-13-9-14(2)26(25-13)19-8-7-16(11-18(19)22)24-21(27)23-12-17-10-15-5-3-4-6-20(15)28-17/h3-9,11,17H,10,12H2,1-2H3,(H2,23,24,27). The Hall–Kier alpha value is -3.35. The number of aryl methyl sites for hydroxylation is 2. The molecule has 1 aliphatic rings. The lowest BCUT2D eigenvalue weighted by molar-refractivity contribution is 0.219. The van der Waals surface area contributed by atoms with Gasteiger partial charge in [0.2, 0.25) is 0 Å². The van der Waals surface area contributed by atoms with Gasteiger partial charge in [-0.15, -0.1) is 0 Å². The predicted molar refractivity (Wildman–Crippen MR) is 105 cm³/mol. The predicted octanol–water partition coefficient (Wildman–Crippen LogP) is 3.75. The normalized spacial score (nSPS) is 15.0. The number of carbonyl (C=O) groups excluding carboxylic acids is 1. The molecule has 0 bridgehead atoms. The number of anilines is 1. The Balaban J connectivity index is 1.35. The number of nitrogens with one attached hydrogen (secondary N) is 2. The molecule has 3 aromatic rings. The summed E-state index contributed by atoms with van der Waals surface area (Å²) in [4.78, 5) is 12.1. The van der Waals surface area contributed by atoms with Crippen LogP contribution in [0, 0.1) is 19.7 Å². The van der Waals surface area contributed by atoms with E-state index in [1.807, 2.05) is 44.2 Å². The Kier molecular flexibility index (Phi) is 4.73. The maximum atomic E-state index is 14.5. The molecule has 0 radical (unpaired) electrons. The first kappa shape index (κ1) is 18.0. The van der Waals surface area contributed by atoms with E-state index in [0.717, 1.165) is 29.1 Å². The first-order valence-corrected chi connectivity index (χ1v) is 9.12. The lowest BCUT2D eigenvalue weighted by Crippen LogP contribution is -2.37. The number of urea groups is 1. The summed E-state index contributed by atoms with van der Waals surface area (Å²) < 4.78 is 21.8. The molecule has 1 unspecified atom stereocenters. The second-order valence-electron chi connectivity index (χ2n) is 6.89. The molecule has 2 amide bonds. The van der Waals surface area contributed by atoms with Crippen molar-refractivity contribution in [2.45, 2.75) is 26.4 Å². The maximum Gasteiger partial charge on any atom is 0.319 e. The summed E-state index contributed by atoms with van der Waals surface area (Å²) in [6, 6.07) is 13.8. The summed E-state index contributed by atoms with van der Waals surface area (Å²) in [5, 5.41) is 9.71. The number of fused-ring (bicyclic) bond motifs is 1. The third-order valence-corrected chi connectivity index (χ3v) is 4.65. The van der Waals surface area contributed by atoms with Crippen LogP contribution < -0.4 is 15.4 Å². The van der Waals surface area contributed by atoms with E-state index in [4.69, 9.17) is 4.74 Å². The molecule has 6 nitrogen and oxygen atoms in total. The fourth-order valence-corrected chi connectivity index (χ4v) is 3.38. The molecule has 0 saturated heterocycles. The summed E-state index contributed by atoms with van der Waals surface area (Å²) in [6.45, 7) is 4.09. The topological polar surface area (TPSA) is 68.2 Å². The van der Waals surface area contributed by atoms with Gasteiger partial charge in [-0.25, -0.2) is 13.9 Å². The summed E-state index contributed by atoms with van der Waals surface area (Å²) in [5.74, 6) is 0.398. The van der Waals surface area contributed by atoms with Crippen molar-refractivity contribution in [1.29, 1.82) is 0 Å². The Bertz CT molecular complexity index is 1010. The zero-order valence-corrected chi connectivity index (χ0v) is 15.7. The Labute approximate surface area is 162 Å². The highest BCUT2D eigenvalue weighted by Crippen LogP contribution is 2.27. The highest BCUT2D eigenvalue weighted by molar-refractivity contribution is 5.89. The van der Waals surface area contributed by atoms with Crippen molar-refractivity contribution in [3.05, 3.63) is 71.3 Å². The van der Waals surface area contributed by atoms with Gasteiger partial charge in [0, 0.05) is 17.8 Å². The van der Waals surface area contributed by atoms with E-state index in [9.17, 15) is 9.18 Å². The molecule has 1 aliphatic heterocycles. The second-order valence-corrected chi connectivity index (χ2v) is 6.89. The molecule has 2 N–H and O–H groups in total. The number of rotatable bonds is 4. The van der Waals surface area contributed by atoms with Gasteiger partial charge in [0.25, 0.3) is 0 Å². The number of carbonyl (C=O) groups is 1. The van der Waals surface area contributed by atoms with Gasteiger partial charge in [-0.2, -0.15) is 5.10 Å². The number of hydrogen-bond acceptors (Lipinski definition) is 3. The van der Waals surface area contributed by atoms with Gasteiger partial charge in [0.15, 0.2) is 5.82 Å². The lowest BCUT2D eigenvalue weighted by atomic mass is 10.1. The van der Waals surface area contributed by atoms with Crippen molar-refractivity contribution in [3.63, 3.8) is 0 Å². The van der Waals surface area contributed by atoms with Crippen LogP contribution in [0.2, 0.25) is 0 Å². The molecule has 144 valence electrons. The van der Waals surface area contributed by atoms with Crippen molar-refractivity contribution in [2.24, 2.45) is 0 Å². The summed E-state index contributed by atoms with van der Waals surface area (Å²) in [5.41, 5.74) is 3.50. The number of amides is 2. The van der Waals surface area contributed by atoms with Crippen LogP contribution in [0.15, 0.2) is 48.5 Å². The van der Waals surface area contributed by atoms with Crippen LogP contribution in [-0.4, -0.2) is 28.5 Å². The highest BCUT2D eigenvalue weighted by atomic mass is 19.1.